The van der Waals surface area contributed by atoms with E-state index in [2.05, 4.69) is 26.2 Å². The minimum absolute atomic E-state index is 0.00338. The van der Waals surface area contributed by atoms with Crippen LogP contribution >= 0.6 is 11.8 Å². The molecule has 0 spiro atoms. The summed E-state index contributed by atoms with van der Waals surface area (Å²) >= 11 is 1.44. The molecule has 4 aliphatic rings. The van der Waals surface area contributed by atoms with E-state index in [4.69, 9.17) is 5.73 Å². The first-order valence-electron chi connectivity index (χ1n) is 12.9. The number of hydrogen-bond acceptors (Lipinski definition) is 10. The molecule has 1 unspecified atom stereocenters. The van der Waals surface area contributed by atoms with E-state index in [0.717, 1.165) is 12.8 Å². The monoisotopic (exact) mass is 547 g/mol. The maximum absolute atomic E-state index is 13.1. The number of aliphatic carboxylic acids is 1. The fourth-order valence-corrected chi connectivity index (χ4v) is 7.56. The molecular weight excluding hydrogens is 514 g/mol. The summed E-state index contributed by atoms with van der Waals surface area (Å²) in [5, 5.41) is 26.8. The lowest BCUT2D eigenvalue weighted by Crippen LogP contribution is -2.66. The largest absolute Gasteiger partial charge is 0.477 e. The third-order valence-electron chi connectivity index (χ3n) is 7.87. The molecule has 5 heterocycles. The molecule has 38 heavy (non-hydrogen) atoms. The van der Waals surface area contributed by atoms with Gasteiger partial charge in [-0.25, -0.2) is 9.48 Å². The number of tetrazole rings is 1. The highest BCUT2D eigenvalue weighted by Crippen LogP contribution is 2.51. The summed E-state index contributed by atoms with van der Waals surface area (Å²) in [6, 6.07) is -1.18. The molecule has 3 amide bonds. The number of nitrogens with two attached hydrogens (primary N) is 1. The van der Waals surface area contributed by atoms with Crippen LogP contribution in [0.25, 0.3) is 0 Å². The van der Waals surface area contributed by atoms with E-state index in [9.17, 15) is 24.3 Å². The normalized spacial score (nSPS) is 31.7. The first kappa shape index (κ1) is 26.6. The van der Waals surface area contributed by atoms with Crippen molar-refractivity contribution in [1.29, 1.82) is 0 Å². The Labute approximate surface area is 223 Å². The molecule has 15 heteroatoms. The molecule has 0 saturated carbocycles. The van der Waals surface area contributed by atoms with E-state index in [1.807, 2.05) is 11.8 Å². The molecule has 3 fully saturated rings. The van der Waals surface area contributed by atoms with Gasteiger partial charge in [0.05, 0.1) is 18.0 Å². The number of fused-ring (bicyclic) bond motifs is 1. The van der Waals surface area contributed by atoms with Gasteiger partial charge in [-0.2, -0.15) is 0 Å². The van der Waals surface area contributed by atoms with E-state index < -0.39 is 17.9 Å². The van der Waals surface area contributed by atoms with E-state index in [-0.39, 0.29) is 59.3 Å². The molecule has 0 aromatic carbocycles. The molecule has 14 nitrogen and oxygen atoms in total. The van der Waals surface area contributed by atoms with Crippen molar-refractivity contribution in [1.82, 2.24) is 40.6 Å². The summed E-state index contributed by atoms with van der Waals surface area (Å²) in [7, 11) is 0. The first-order chi connectivity index (χ1) is 18.2. The van der Waals surface area contributed by atoms with Gasteiger partial charge < -0.3 is 31.3 Å². The number of carboxylic acids is 1. The highest BCUT2D eigenvalue weighted by Gasteiger charge is 2.60. The second-order valence-corrected chi connectivity index (χ2v) is 11.9. The van der Waals surface area contributed by atoms with Crippen molar-refractivity contribution in [2.75, 3.05) is 19.6 Å². The molecule has 0 radical (unpaired) electrons. The number of β-lactam (4-membered cyclic amide) rings is 1. The summed E-state index contributed by atoms with van der Waals surface area (Å²) in [4.78, 5) is 54.7. The molecular formula is C23H33N9O5S. The molecule has 0 aliphatic carbocycles. The molecule has 0 bridgehead atoms. The number of nitrogens with one attached hydrogen (secondary N) is 2. The molecule has 1 aromatic rings. The smallest absolute Gasteiger partial charge is 0.353 e. The maximum Gasteiger partial charge on any atom is 0.353 e. The van der Waals surface area contributed by atoms with Crippen molar-refractivity contribution >= 4 is 35.5 Å². The zero-order chi connectivity index (χ0) is 27.1. The lowest BCUT2D eigenvalue weighted by Gasteiger charge is -2.47. The highest BCUT2D eigenvalue weighted by molar-refractivity contribution is 8.03. The fraction of sp³-hybridized carbons (Fsp3) is 0.696. The van der Waals surface area contributed by atoms with Crippen LogP contribution in [0.15, 0.2) is 16.9 Å². The van der Waals surface area contributed by atoms with Gasteiger partial charge in [-0.05, 0) is 36.6 Å². The number of piperidine rings is 1. The zero-order valence-electron chi connectivity index (χ0n) is 21.3. The highest BCUT2D eigenvalue weighted by atomic mass is 32.2. The number of aromatic nitrogens is 4. The third kappa shape index (κ3) is 4.89. The van der Waals surface area contributed by atoms with Crippen LogP contribution < -0.4 is 16.4 Å². The first-order valence-corrected chi connectivity index (χ1v) is 13.8. The van der Waals surface area contributed by atoms with E-state index in [1.165, 1.54) is 27.7 Å². The van der Waals surface area contributed by atoms with Gasteiger partial charge in [-0.15, -0.1) is 16.9 Å². The van der Waals surface area contributed by atoms with E-state index in [0.29, 0.717) is 31.0 Å². The molecule has 5 N–H and O–H groups in total. The van der Waals surface area contributed by atoms with Crippen LogP contribution in [0, 0.1) is 11.8 Å². The number of likely N-dealkylation sites (tertiary alicyclic amines) is 1. The molecule has 4 aliphatic heterocycles. The van der Waals surface area contributed by atoms with Gasteiger partial charge in [-0.3, -0.25) is 14.4 Å². The molecule has 5 rings (SSSR count). The van der Waals surface area contributed by atoms with E-state index >= 15 is 0 Å². The van der Waals surface area contributed by atoms with Gasteiger partial charge in [0.2, 0.25) is 17.7 Å². The minimum Gasteiger partial charge on any atom is -0.477 e. The summed E-state index contributed by atoms with van der Waals surface area (Å²) in [6.07, 6.45) is 3.71. The molecule has 7 atom stereocenters. The maximum atomic E-state index is 13.1. The average molecular weight is 548 g/mol. The minimum atomic E-state index is -1.15. The van der Waals surface area contributed by atoms with Gasteiger partial charge in [0.1, 0.15) is 18.6 Å². The molecule has 206 valence electrons. The Morgan fingerprint density at radius 1 is 1.37 bits per heavy atom. The Morgan fingerprint density at radius 2 is 2.16 bits per heavy atom. The van der Waals surface area contributed by atoms with Crippen molar-refractivity contribution < 1.29 is 24.3 Å². The molecule has 1 aromatic heterocycles. The Kier molecular flexibility index (Phi) is 7.42. The summed E-state index contributed by atoms with van der Waals surface area (Å²) < 4.78 is 1.28. The fourth-order valence-electron chi connectivity index (χ4n) is 6.08. The van der Waals surface area contributed by atoms with Crippen molar-refractivity contribution in [2.45, 2.75) is 69.1 Å². The van der Waals surface area contributed by atoms with Crippen molar-refractivity contribution in [3.05, 3.63) is 16.9 Å². The van der Waals surface area contributed by atoms with Crippen molar-refractivity contribution in [3.63, 3.8) is 0 Å². The summed E-state index contributed by atoms with van der Waals surface area (Å²) in [6.45, 7) is 5.42. The number of hydrogen-bond donors (Lipinski definition) is 4. The number of rotatable bonds is 8. The lowest BCUT2D eigenvalue weighted by atomic mass is 9.78. The second-order valence-electron chi connectivity index (χ2n) is 10.5. The second kappa shape index (κ2) is 10.6. The number of nitrogens with zero attached hydrogens (tertiary/aromatic N) is 6. The Hall–Kier alpha value is -3.04. The number of carbonyl (C=O) groups excluding carboxylic acids is 3. The quantitative estimate of drug-likeness (QED) is 0.273. The van der Waals surface area contributed by atoms with Gasteiger partial charge in [0.25, 0.3) is 0 Å². The van der Waals surface area contributed by atoms with Crippen LogP contribution in [0.4, 0.5) is 0 Å². The number of thioether (sulfide) groups is 1. The standard InChI is InChI=1S/C23H33N9O5S/c1-11-18-17(12(2)27-16(33)9-31-10-26-28-29-31)22(35)32(18)19(23(36)37)20(11)38-14-6-15(25-7-14)21(34)30-5-3-4-13(24)8-30/h10-15,17-18,25H,3-9,24H2,1-2H3,(H,27,33)(H,36,37)/t11-,12-,13?,14+,15+,17-,18-/m1/s1. The third-order valence-corrected chi connectivity index (χ3v) is 9.38. The topological polar surface area (TPSA) is 189 Å². The predicted molar refractivity (Wildman–Crippen MR) is 135 cm³/mol. The Morgan fingerprint density at radius 3 is 2.84 bits per heavy atom. The number of amides is 3. The summed E-state index contributed by atoms with van der Waals surface area (Å²) in [5.41, 5.74) is 6.06. The van der Waals surface area contributed by atoms with Gasteiger partial charge in [0.15, 0.2) is 0 Å². The summed E-state index contributed by atoms with van der Waals surface area (Å²) in [5.74, 6) is -2.53. The van der Waals surface area contributed by atoms with Crippen LogP contribution in [0.3, 0.4) is 0 Å². The van der Waals surface area contributed by atoms with Crippen molar-refractivity contribution in [3.8, 4) is 0 Å². The van der Waals surface area contributed by atoms with Crippen LogP contribution in [0.1, 0.15) is 33.1 Å². The number of carboxylic acid groups (broad SMARTS) is 1. The average Bonchev–Trinajstić information content (AvgIpc) is 3.59. The lowest BCUT2D eigenvalue weighted by molar-refractivity contribution is -0.158. The predicted octanol–water partition coefficient (Wildman–Crippen LogP) is -1.64. The number of carbonyl (C=O) groups is 4. The van der Waals surface area contributed by atoms with Crippen LogP contribution in [-0.4, -0.2) is 108 Å². The van der Waals surface area contributed by atoms with Gasteiger partial charge >= 0.3 is 5.97 Å². The van der Waals surface area contributed by atoms with Crippen LogP contribution in [0.5, 0.6) is 0 Å². The Bertz CT molecular complexity index is 1140. The molecule has 3 saturated heterocycles. The SMILES string of the molecule is C[C@@H](NC(=O)Cn1cnnn1)[C@H]1C(=O)N2C(C(=O)O)=C(S[C@@H]3CN[C@H](C(=O)N4CCCC(N)C4)C3)[C@H](C)[C@H]12. The Balaban J connectivity index is 1.23. The zero-order valence-corrected chi connectivity index (χ0v) is 22.1. The van der Waals surface area contributed by atoms with Crippen LogP contribution in [-0.2, 0) is 25.7 Å². The van der Waals surface area contributed by atoms with Crippen molar-refractivity contribution in [2.24, 2.45) is 17.6 Å². The van der Waals surface area contributed by atoms with Gasteiger partial charge in [0, 0.05) is 47.8 Å². The van der Waals surface area contributed by atoms with Crippen LogP contribution in [0.2, 0.25) is 0 Å². The van der Waals surface area contributed by atoms with Gasteiger partial charge in [-0.1, -0.05) is 6.92 Å². The van der Waals surface area contributed by atoms with E-state index in [1.54, 1.807) is 6.92 Å².